The quantitative estimate of drug-likeness (QED) is 0.515. The van der Waals surface area contributed by atoms with Crippen molar-refractivity contribution in [2.75, 3.05) is 7.11 Å². The third-order valence-electron chi connectivity index (χ3n) is 3.06. The second-order valence-electron chi connectivity index (χ2n) is 4.34. The van der Waals surface area contributed by atoms with Crippen molar-refractivity contribution in [1.82, 2.24) is 0 Å². The number of aryl methyl sites for hydroxylation is 1. The van der Waals surface area contributed by atoms with Gasteiger partial charge in [-0.2, -0.15) is 0 Å². The molecule has 0 amide bonds. The highest BCUT2D eigenvalue weighted by Crippen LogP contribution is 2.31. The molecular formula is C16H17NO3. The zero-order valence-electron chi connectivity index (χ0n) is 11.5. The number of rotatable bonds is 5. The Balaban J connectivity index is 2.26. The van der Waals surface area contributed by atoms with Crippen LogP contribution in [0.15, 0.2) is 47.6 Å². The van der Waals surface area contributed by atoms with Crippen LogP contribution in [0.4, 0.5) is 0 Å². The smallest absolute Gasteiger partial charge is 0.170 e. The highest BCUT2D eigenvalue weighted by molar-refractivity contribution is 5.84. The molecule has 0 spiro atoms. The molecule has 4 nitrogen and oxygen atoms in total. The van der Waals surface area contributed by atoms with Gasteiger partial charge in [-0.25, -0.2) is 0 Å². The molecule has 104 valence electrons. The van der Waals surface area contributed by atoms with E-state index in [-0.39, 0.29) is 0 Å². The third-order valence-corrected chi connectivity index (χ3v) is 3.06. The third kappa shape index (κ3) is 3.09. The summed E-state index contributed by atoms with van der Waals surface area (Å²) >= 11 is 0. The van der Waals surface area contributed by atoms with Crippen molar-refractivity contribution < 1.29 is 14.7 Å². The van der Waals surface area contributed by atoms with Crippen LogP contribution < -0.4 is 9.47 Å². The van der Waals surface area contributed by atoms with E-state index in [1.807, 2.05) is 43.3 Å². The minimum atomic E-state index is 0.430. The van der Waals surface area contributed by atoms with Gasteiger partial charge >= 0.3 is 0 Å². The highest BCUT2D eigenvalue weighted by Gasteiger charge is 2.10. The maximum absolute atomic E-state index is 8.71. The number of benzene rings is 2. The molecule has 0 heterocycles. The van der Waals surface area contributed by atoms with E-state index >= 15 is 0 Å². The lowest BCUT2D eigenvalue weighted by atomic mass is 10.1. The number of hydrogen-bond acceptors (Lipinski definition) is 4. The van der Waals surface area contributed by atoms with Gasteiger partial charge in [0, 0.05) is 5.56 Å². The van der Waals surface area contributed by atoms with Gasteiger partial charge < -0.3 is 14.7 Å². The first-order chi connectivity index (χ1) is 9.76. The van der Waals surface area contributed by atoms with Gasteiger partial charge in [-0.1, -0.05) is 35.5 Å². The van der Waals surface area contributed by atoms with E-state index in [0.717, 1.165) is 5.56 Å². The summed E-state index contributed by atoms with van der Waals surface area (Å²) in [5, 5.41) is 11.8. The maximum atomic E-state index is 8.71. The van der Waals surface area contributed by atoms with Gasteiger partial charge in [-0.3, -0.25) is 0 Å². The first-order valence-corrected chi connectivity index (χ1v) is 6.28. The highest BCUT2D eigenvalue weighted by atomic mass is 16.5. The van der Waals surface area contributed by atoms with Crippen molar-refractivity contribution >= 4 is 6.21 Å². The molecule has 0 saturated heterocycles. The molecule has 0 aromatic heterocycles. The molecule has 4 heteroatoms. The van der Waals surface area contributed by atoms with E-state index in [4.69, 9.17) is 14.7 Å². The van der Waals surface area contributed by atoms with Gasteiger partial charge in [0.05, 0.1) is 13.3 Å². The summed E-state index contributed by atoms with van der Waals surface area (Å²) in [6, 6.07) is 13.4. The summed E-state index contributed by atoms with van der Waals surface area (Å²) in [4.78, 5) is 0. The summed E-state index contributed by atoms with van der Waals surface area (Å²) < 4.78 is 11.1. The van der Waals surface area contributed by atoms with Crippen LogP contribution in [0.2, 0.25) is 0 Å². The molecule has 0 bridgehead atoms. The second-order valence-corrected chi connectivity index (χ2v) is 4.34. The summed E-state index contributed by atoms with van der Waals surface area (Å²) in [6.07, 6.45) is 1.33. The number of nitrogens with zero attached hydrogens (tertiary/aromatic N) is 1. The molecule has 2 aromatic carbocycles. The van der Waals surface area contributed by atoms with Crippen LogP contribution in [-0.4, -0.2) is 18.5 Å². The zero-order chi connectivity index (χ0) is 14.4. The molecule has 0 fully saturated rings. The monoisotopic (exact) mass is 271 g/mol. The Morgan fingerprint density at radius 1 is 1.15 bits per heavy atom. The summed E-state index contributed by atoms with van der Waals surface area (Å²) in [5.41, 5.74) is 2.94. The number of methoxy groups -OCH3 is 1. The van der Waals surface area contributed by atoms with Crippen molar-refractivity contribution in [3.63, 3.8) is 0 Å². The van der Waals surface area contributed by atoms with Crippen LogP contribution in [0.5, 0.6) is 11.5 Å². The average Bonchev–Trinajstić information content (AvgIpc) is 2.47. The first kappa shape index (κ1) is 13.9. The maximum Gasteiger partial charge on any atom is 0.170 e. The zero-order valence-corrected chi connectivity index (χ0v) is 11.5. The van der Waals surface area contributed by atoms with Crippen LogP contribution >= 0.6 is 0 Å². The van der Waals surface area contributed by atoms with Crippen molar-refractivity contribution in [3.05, 3.63) is 59.2 Å². The normalized spacial score (nSPS) is 10.7. The topological polar surface area (TPSA) is 51.0 Å². The predicted molar refractivity (Wildman–Crippen MR) is 77.9 cm³/mol. The number of hydrogen-bond donors (Lipinski definition) is 1. The molecule has 0 aliphatic rings. The van der Waals surface area contributed by atoms with Crippen LogP contribution in [0.3, 0.4) is 0 Å². The Bertz CT molecular complexity index is 608. The van der Waals surface area contributed by atoms with Crippen LogP contribution in [0, 0.1) is 6.92 Å². The Hall–Kier alpha value is -2.49. The van der Waals surface area contributed by atoms with Crippen LogP contribution in [0.1, 0.15) is 16.7 Å². The SMILES string of the molecule is COc1cccc(/C=N/O)c1OCc1ccccc1C. The fourth-order valence-corrected chi connectivity index (χ4v) is 1.93. The summed E-state index contributed by atoms with van der Waals surface area (Å²) in [5.74, 6) is 1.17. The van der Waals surface area contributed by atoms with E-state index in [2.05, 4.69) is 5.16 Å². The molecule has 0 aliphatic carbocycles. The van der Waals surface area contributed by atoms with Gasteiger partial charge in [0.1, 0.15) is 6.61 Å². The molecule has 2 rings (SSSR count). The number of oxime groups is 1. The van der Waals surface area contributed by atoms with E-state index < -0.39 is 0 Å². The number of ether oxygens (including phenoxy) is 2. The number of para-hydroxylation sites is 1. The molecule has 20 heavy (non-hydrogen) atoms. The Morgan fingerprint density at radius 3 is 2.65 bits per heavy atom. The minimum absolute atomic E-state index is 0.430. The van der Waals surface area contributed by atoms with Gasteiger partial charge in [-0.15, -0.1) is 0 Å². The Kier molecular flexibility index (Phi) is 4.60. The van der Waals surface area contributed by atoms with Crippen molar-refractivity contribution in [1.29, 1.82) is 0 Å². The lowest BCUT2D eigenvalue weighted by Gasteiger charge is -2.14. The van der Waals surface area contributed by atoms with E-state index in [9.17, 15) is 0 Å². The fourth-order valence-electron chi connectivity index (χ4n) is 1.93. The molecular weight excluding hydrogens is 254 g/mol. The van der Waals surface area contributed by atoms with E-state index in [1.165, 1.54) is 11.8 Å². The van der Waals surface area contributed by atoms with Crippen LogP contribution in [0.25, 0.3) is 0 Å². The molecule has 1 N–H and O–H groups in total. The fraction of sp³-hybridized carbons (Fsp3) is 0.188. The molecule has 2 aromatic rings. The van der Waals surface area contributed by atoms with Gasteiger partial charge in [0.2, 0.25) is 0 Å². The lowest BCUT2D eigenvalue weighted by molar-refractivity contribution is 0.283. The van der Waals surface area contributed by atoms with Gasteiger partial charge in [0.15, 0.2) is 11.5 Å². The lowest BCUT2D eigenvalue weighted by Crippen LogP contribution is -2.02. The van der Waals surface area contributed by atoms with Crippen LogP contribution in [-0.2, 0) is 6.61 Å². The van der Waals surface area contributed by atoms with E-state index in [0.29, 0.717) is 23.7 Å². The summed E-state index contributed by atoms with van der Waals surface area (Å²) in [7, 11) is 1.58. The standard InChI is InChI=1S/C16H17NO3/c1-12-6-3-4-7-14(12)11-20-16-13(10-17-18)8-5-9-15(16)19-2/h3-10,18H,11H2,1-2H3/b17-10+. The Morgan fingerprint density at radius 2 is 1.95 bits per heavy atom. The summed E-state index contributed by atoms with van der Waals surface area (Å²) in [6.45, 7) is 2.47. The van der Waals surface area contributed by atoms with Crippen molar-refractivity contribution in [2.24, 2.45) is 5.16 Å². The van der Waals surface area contributed by atoms with Crippen molar-refractivity contribution in [3.8, 4) is 11.5 Å². The van der Waals surface area contributed by atoms with Crippen molar-refractivity contribution in [2.45, 2.75) is 13.5 Å². The molecule has 0 unspecified atom stereocenters. The van der Waals surface area contributed by atoms with Gasteiger partial charge in [-0.05, 0) is 30.2 Å². The molecule has 0 saturated carbocycles. The Labute approximate surface area is 118 Å². The molecule has 0 atom stereocenters. The first-order valence-electron chi connectivity index (χ1n) is 6.28. The van der Waals surface area contributed by atoms with E-state index in [1.54, 1.807) is 13.2 Å². The largest absolute Gasteiger partial charge is 0.493 e. The second kappa shape index (κ2) is 6.61. The minimum Gasteiger partial charge on any atom is -0.493 e. The average molecular weight is 271 g/mol. The molecule has 0 aliphatic heterocycles. The van der Waals surface area contributed by atoms with Gasteiger partial charge in [0.25, 0.3) is 0 Å². The predicted octanol–water partition coefficient (Wildman–Crippen LogP) is 3.39. The molecule has 0 radical (unpaired) electrons.